The van der Waals surface area contributed by atoms with Gasteiger partial charge >= 0.3 is 6.18 Å². The molecule has 0 saturated carbocycles. The van der Waals surface area contributed by atoms with Crippen molar-refractivity contribution in [3.63, 3.8) is 0 Å². The van der Waals surface area contributed by atoms with Crippen LogP contribution in [0.5, 0.6) is 0 Å². The van der Waals surface area contributed by atoms with Crippen LogP contribution in [0, 0.1) is 5.92 Å². The molecule has 1 aromatic rings. The average Bonchev–Trinajstić information content (AvgIpc) is 2.36. The molecule has 5 nitrogen and oxygen atoms in total. The monoisotopic (exact) mass is 323 g/mol. The van der Waals surface area contributed by atoms with Crippen molar-refractivity contribution < 1.29 is 21.6 Å². The average molecular weight is 323 g/mol. The molecule has 118 valence electrons. The van der Waals surface area contributed by atoms with Gasteiger partial charge in [0.25, 0.3) is 0 Å². The fourth-order valence-corrected chi connectivity index (χ4v) is 3.22. The van der Waals surface area contributed by atoms with E-state index in [1.54, 1.807) is 6.92 Å². The SMILES string of the molecule is CCS(=O)(=O)N1CC(CNc2ccc(C(F)(F)F)cn2)C1. The van der Waals surface area contributed by atoms with Gasteiger partial charge in [0.15, 0.2) is 0 Å². The normalized spacial score (nSPS) is 17.5. The molecule has 0 aromatic carbocycles. The molecule has 1 aliphatic heterocycles. The summed E-state index contributed by atoms with van der Waals surface area (Å²) in [6.07, 6.45) is -3.62. The lowest BCUT2D eigenvalue weighted by Gasteiger charge is -2.38. The van der Waals surface area contributed by atoms with Gasteiger partial charge in [0.1, 0.15) is 5.82 Å². The van der Waals surface area contributed by atoms with Crippen LogP contribution in [0.2, 0.25) is 0 Å². The molecule has 0 amide bonds. The zero-order chi connectivity index (χ0) is 15.7. The van der Waals surface area contributed by atoms with Gasteiger partial charge in [0.2, 0.25) is 10.0 Å². The number of rotatable bonds is 5. The second-order valence-electron chi connectivity index (χ2n) is 4.89. The minimum atomic E-state index is -4.39. The number of anilines is 1. The second-order valence-corrected chi connectivity index (χ2v) is 7.15. The van der Waals surface area contributed by atoms with Gasteiger partial charge < -0.3 is 5.32 Å². The lowest BCUT2D eigenvalue weighted by atomic mass is 10.0. The Kier molecular flexibility index (Phi) is 4.43. The number of sulfonamides is 1. The number of hydrogen-bond acceptors (Lipinski definition) is 4. The van der Waals surface area contributed by atoms with Crippen LogP contribution in [-0.2, 0) is 16.2 Å². The molecule has 1 N–H and O–H groups in total. The van der Waals surface area contributed by atoms with Crippen molar-refractivity contribution in [3.8, 4) is 0 Å². The van der Waals surface area contributed by atoms with Crippen molar-refractivity contribution in [1.82, 2.24) is 9.29 Å². The Balaban J connectivity index is 1.81. The van der Waals surface area contributed by atoms with Gasteiger partial charge in [-0.15, -0.1) is 0 Å². The van der Waals surface area contributed by atoms with Crippen molar-refractivity contribution in [2.45, 2.75) is 13.1 Å². The first-order chi connectivity index (χ1) is 9.72. The number of pyridine rings is 1. The molecule has 0 atom stereocenters. The number of alkyl halides is 3. The minimum Gasteiger partial charge on any atom is -0.370 e. The Hall–Kier alpha value is -1.35. The third kappa shape index (κ3) is 3.85. The highest BCUT2D eigenvalue weighted by Gasteiger charge is 2.34. The molecule has 1 saturated heterocycles. The van der Waals surface area contributed by atoms with E-state index < -0.39 is 21.8 Å². The Morgan fingerprint density at radius 2 is 2.05 bits per heavy atom. The topological polar surface area (TPSA) is 62.3 Å². The Morgan fingerprint density at radius 1 is 1.38 bits per heavy atom. The molecule has 0 bridgehead atoms. The van der Waals surface area contributed by atoms with Gasteiger partial charge in [-0.1, -0.05) is 0 Å². The fraction of sp³-hybridized carbons (Fsp3) is 0.583. The Labute approximate surface area is 121 Å². The summed E-state index contributed by atoms with van der Waals surface area (Å²) in [5.41, 5.74) is -0.795. The van der Waals surface area contributed by atoms with Crippen molar-refractivity contribution >= 4 is 15.8 Å². The first kappa shape index (κ1) is 16.0. The molecule has 21 heavy (non-hydrogen) atoms. The standard InChI is InChI=1S/C12H16F3N3O2S/c1-2-21(19,20)18-7-9(8-18)5-16-11-4-3-10(6-17-11)12(13,14)15/h3-4,6,9H,2,5,7-8H2,1H3,(H,16,17). The summed E-state index contributed by atoms with van der Waals surface area (Å²) in [6, 6.07) is 2.23. The highest BCUT2D eigenvalue weighted by atomic mass is 32.2. The smallest absolute Gasteiger partial charge is 0.370 e. The number of nitrogens with one attached hydrogen (secondary N) is 1. The summed E-state index contributed by atoms with van der Waals surface area (Å²) >= 11 is 0. The van der Waals surface area contributed by atoms with Crippen LogP contribution in [0.3, 0.4) is 0 Å². The summed E-state index contributed by atoms with van der Waals surface area (Å²) < 4.78 is 61.5. The molecule has 0 radical (unpaired) electrons. The molecule has 1 aromatic heterocycles. The molecule has 0 unspecified atom stereocenters. The highest BCUT2D eigenvalue weighted by Crippen LogP contribution is 2.29. The predicted molar refractivity (Wildman–Crippen MR) is 72.3 cm³/mol. The third-order valence-corrected chi connectivity index (χ3v) is 5.16. The van der Waals surface area contributed by atoms with E-state index in [1.807, 2.05) is 0 Å². The molecule has 1 aliphatic rings. The summed E-state index contributed by atoms with van der Waals surface area (Å²) in [7, 11) is -3.13. The van der Waals surface area contributed by atoms with E-state index in [0.29, 0.717) is 25.5 Å². The Morgan fingerprint density at radius 3 is 2.52 bits per heavy atom. The summed E-state index contributed by atoms with van der Waals surface area (Å²) in [6.45, 7) is 2.94. The van der Waals surface area contributed by atoms with Gasteiger partial charge in [-0.25, -0.2) is 17.7 Å². The lowest BCUT2D eigenvalue weighted by Crippen LogP contribution is -2.52. The summed E-state index contributed by atoms with van der Waals surface area (Å²) in [4.78, 5) is 3.70. The second kappa shape index (κ2) is 5.80. The zero-order valence-corrected chi connectivity index (χ0v) is 12.2. The number of halogens is 3. The van der Waals surface area contributed by atoms with Gasteiger partial charge in [-0.3, -0.25) is 0 Å². The van der Waals surface area contributed by atoms with Gasteiger partial charge in [0.05, 0.1) is 11.3 Å². The maximum Gasteiger partial charge on any atom is 0.417 e. The minimum absolute atomic E-state index is 0.0770. The molecule has 2 heterocycles. The van der Waals surface area contributed by atoms with Gasteiger partial charge in [-0.2, -0.15) is 13.2 Å². The largest absolute Gasteiger partial charge is 0.417 e. The van der Waals surface area contributed by atoms with E-state index in [-0.39, 0.29) is 11.7 Å². The molecule has 1 fully saturated rings. The van der Waals surface area contributed by atoms with Crippen molar-refractivity contribution in [3.05, 3.63) is 23.9 Å². The highest BCUT2D eigenvalue weighted by molar-refractivity contribution is 7.89. The maximum absolute atomic E-state index is 12.4. The van der Waals surface area contributed by atoms with Crippen LogP contribution < -0.4 is 5.32 Å². The Bertz CT molecular complexity index is 581. The molecule has 0 spiro atoms. The molecule has 9 heteroatoms. The lowest BCUT2D eigenvalue weighted by molar-refractivity contribution is -0.137. The fourth-order valence-electron chi connectivity index (χ4n) is 1.98. The van der Waals surface area contributed by atoms with Crippen LogP contribution in [0.1, 0.15) is 12.5 Å². The van der Waals surface area contributed by atoms with Crippen LogP contribution >= 0.6 is 0 Å². The van der Waals surface area contributed by atoms with Crippen LogP contribution in [0.15, 0.2) is 18.3 Å². The zero-order valence-electron chi connectivity index (χ0n) is 11.4. The van der Waals surface area contributed by atoms with E-state index in [0.717, 1.165) is 12.3 Å². The van der Waals surface area contributed by atoms with Crippen LogP contribution in [0.25, 0.3) is 0 Å². The third-order valence-electron chi connectivity index (χ3n) is 3.34. The number of aromatic nitrogens is 1. The first-order valence-electron chi connectivity index (χ1n) is 6.47. The quantitative estimate of drug-likeness (QED) is 0.897. The predicted octanol–water partition coefficient (Wildman–Crippen LogP) is 1.79. The van der Waals surface area contributed by atoms with Gasteiger partial charge in [-0.05, 0) is 19.1 Å². The summed E-state index contributed by atoms with van der Waals surface area (Å²) in [5, 5.41) is 2.92. The van der Waals surface area contributed by atoms with E-state index in [2.05, 4.69) is 10.3 Å². The van der Waals surface area contributed by atoms with Crippen molar-refractivity contribution in [1.29, 1.82) is 0 Å². The molecule has 2 rings (SSSR count). The maximum atomic E-state index is 12.4. The number of hydrogen-bond donors (Lipinski definition) is 1. The van der Waals surface area contributed by atoms with Crippen molar-refractivity contribution in [2.75, 3.05) is 30.7 Å². The van der Waals surface area contributed by atoms with Crippen LogP contribution in [0.4, 0.5) is 19.0 Å². The van der Waals surface area contributed by atoms with E-state index >= 15 is 0 Å². The molecule has 0 aliphatic carbocycles. The van der Waals surface area contributed by atoms with Gasteiger partial charge in [0, 0.05) is 31.7 Å². The molecular formula is C12H16F3N3O2S. The van der Waals surface area contributed by atoms with E-state index in [4.69, 9.17) is 0 Å². The summed E-state index contributed by atoms with van der Waals surface area (Å²) in [5.74, 6) is 0.573. The van der Waals surface area contributed by atoms with Crippen molar-refractivity contribution in [2.24, 2.45) is 5.92 Å². The molecular weight excluding hydrogens is 307 g/mol. The van der Waals surface area contributed by atoms with E-state index in [9.17, 15) is 21.6 Å². The first-order valence-corrected chi connectivity index (χ1v) is 8.08. The van der Waals surface area contributed by atoms with Crippen LogP contribution in [-0.4, -0.2) is 43.1 Å². The number of nitrogens with zero attached hydrogens (tertiary/aromatic N) is 2. The van der Waals surface area contributed by atoms with E-state index in [1.165, 1.54) is 10.4 Å².